The molecule has 0 aromatic heterocycles. The third-order valence-corrected chi connectivity index (χ3v) is 5.01. The Labute approximate surface area is 120 Å². The van der Waals surface area contributed by atoms with Crippen molar-refractivity contribution in [1.82, 2.24) is 10.2 Å². The fraction of sp³-hybridized carbons (Fsp3) is 0.588. The van der Waals surface area contributed by atoms with Crippen molar-refractivity contribution in [3.63, 3.8) is 0 Å². The third kappa shape index (κ3) is 2.05. The summed E-state index contributed by atoms with van der Waals surface area (Å²) in [7, 11) is 0. The number of nitrogens with one attached hydrogen (secondary N) is 1. The van der Waals surface area contributed by atoms with E-state index in [-0.39, 0.29) is 11.7 Å². The number of rotatable bonds is 4. The van der Waals surface area contributed by atoms with Crippen LogP contribution in [0, 0.1) is 12.8 Å². The van der Waals surface area contributed by atoms with Crippen molar-refractivity contribution in [2.75, 3.05) is 6.54 Å². The van der Waals surface area contributed by atoms with E-state index in [1.807, 2.05) is 0 Å². The van der Waals surface area contributed by atoms with E-state index in [1.54, 1.807) is 0 Å². The Bertz CT molecular complexity index is 528. The highest BCUT2D eigenvalue weighted by Gasteiger charge is 2.59. The van der Waals surface area contributed by atoms with Gasteiger partial charge >= 0.3 is 0 Å². The van der Waals surface area contributed by atoms with Crippen LogP contribution in [-0.2, 0) is 4.79 Å². The van der Waals surface area contributed by atoms with Crippen LogP contribution in [0.2, 0.25) is 0 Å². The Morgan fingerprint density at radius 1 is 1.25 bits per heavy atom. The molecule has 1 spiro atoms. The Morgan fingerprint density at radius 2 is 1.95 bits per heavy atom. The number of hydrogen-bond donors (Lipinski definition) is 1. The highest BCUT2D eigenvalue weighted by Crippen LogP contribution is 2.46. The molecule has 3 aliphatic rings. The van der Waals surface area contributed by atoms with Gasteiger partial charge in [0, 0.05) is 6.54 Å². The summed E-state index contributed by atoms with van der Waals surface area (Å²) in [5.41, 5.74) is 2.28. The van der Waals surface area contributed by atoms with Gasteiger partial charge < -0.3 is 4.90 Å². The predicted octanol–water partition coefficient (Wildman–Crippen LogP) is 2.76. The Balaban J connectivity index is 1.57. The van der Waals surface area contributed by atoms with Crippen LogP contribution >= 0.6 is 0 Å². The van der Waals surface area contributed by atoms with E-state index in [1.165, 1.54) is 30.4 Å². The van der Waals surface area contributed by atoms with Crippen LogP contribution in [0.4, 0.5) is 0 Å². The summed E-state index contributed by atoms with van der Waals surface area (Å²) in [6.45, 7) is 3.01. The number of carbonyl (C=O) groups excluding carboxylic acids is 1. The van der Waals surface area contributed by atoms with Gasteiger partial charge in [0.05, 0.1) is 0 Å². The molecule has 1 atom stereocenters. The molecule has 106 valence electrons. The van der Waals surface area contributed by atoms with Gasteiger partial charge in [-0.1, -0.05) is 42.7 Å². The van der Waals surface area contributed by atoms with Crippen LogP contribution in [0.3, 0.4) is 0 Å². The molecule has 1 heterocycles. The maximum atomic E-state index is 12.6. The van der Waals surface area contributed by atoms with E-state index in [9.17, 15) is 4.79 Å². The molecule has 1 aliphatic heterocycles. The van der Waals surface area contributed by atoms with E-state index in [4.69, 9.17) is 0 Å². The van der Waals surface area contributed by atoms with E-state index >= 15 is 0 Å². The zero-order valence-corrected chi connectivity index (χ0v) is 12.1. The molecular weight excluding hydrogens is 248 g/mol. The summed E-state index contributed by atoms with van der Waals surface area (Å²) in [5, 5.41) is 3.60. The SMILES string of the molecule is Cc1ccc(C2NC3(CC3)C(=O)N2CCC2CC2)cc1. The van der Waals surface area contributed by atoms with Crippen molar-refractivity contribution in [3.05, 3.63) is 35.4 Å². The third-order valence-electron chi connectivity index (χ3n) is 5.01. The van der Waals surface area contributed by atoms with Crippen LogP contribution < -0.4 is 5.32 Å². The second kappa shape index (κ2) is 4.32. The standard InChI is InChI=1S/C17H22N2O/c1-12-2-6-14(7-3-12)15-18-17(9-10-17)16(20)19(15)11-8-13-4-5-13/h2-3,6-7,13,15,18H,4-5,8-11H2,1H3. The monoisotopic (exact) mass is 270 g/mol. The first-order valence-corrected chi connectivity index (χ1v) is 7.83. The quantitative estimate of drug-likeness (QED) is 0.912. The Morgan fingerprint density at radius 3 is 2.55 bits per heavy atom. The van der Waals surface area contributed by atoms with Crippen LogP contribution in [-0.4, -0.2) is 22.9 Å². The fourth-order valence-corrected chi connectivity index (χ4v) is 3.25. The summed E-state index contributed by atoms with van der Waals surface area (Å²) in [6.07, 6.45) is 5.99. The molecular formula is C17H22N2O. The van der Waals surface area contributed by atoms with E-state index in [0.29, 0.717) is 5.91 Å². The van der Waals surface area contributed by atoms with E-state index in [0.717, 1.165) is 25.3 Å². The normalized spacial score (nSPS) is 27.4. The molecule has 2 saturated carbocycles. The number of amides is 1. The zero-order valence-electron chi connectivity index (χ0n) is 12.1. The topological polar surface area (TPSA) is 32.3 Å². The lowest BCUT2D eigenvalue weighted by atomic mass is 10.1. The van der Waals surface area contributed by atoms with Crippen molar-refractivity contribution in [1.29, 1.82) is 0 Å². The van der Waals surface area contributed by atoms with Gasteiger partial charge in [-0.3, -0.25) is 10.1 Å². The number of hydrogen-bond acceptors (Lipinski definition) is 2. The smallest absolute Gasteiger partial charge is 0.244 e. The number of aryl methyl sites for hydroxylation is 1. The molecule has 4 rings (SSSR count). The molecule has 0 bridgehead atoms. The maximum absolute atomic E-state index is 12.6. The minimum absolute atomic E-state index is 0.0874. The molecule has 2 aliphatic carbocycles. The lowest BCUT2D eigenvalue weighted by molar-refractivity contribution is -0.131. The highest BCUT2D eigenvalue weighted by molar-refractivity contribution is 5.92. The predicted molar refractivity (Wildman–Crippen MR) is 78.1 cm³/mol. The first kappa shape index (κ1) is 12.4. The number of carbonyl (C=O) groups is 1. The molecule has 1 saturated heterocycles. The average Bonchev–Trinajstić information content (AvgIpc) is 3.33. The van der Waals surface area contributed by atoms with Gasteiger partial charge in [0.1, 0.15) is 11.7 Å². The molecule has 1 aromatic carbocycles. The van der Waals surface area contributed by atoms with Gasteiger partial charge in [0.2, 0.25) is 5.91 Å². The molecule has 1 aromatic rings. The summed E-state index contributed by atoms with van der Waals surface area (Å²) >= 11 is 0. The van der Waals surface area contributed by atoms with Gasteiger partial charge in [-0.2, -0.15) is 0 Å². The van der Waals surface area contributed by atoms with Gasteiger partial charge in [-0.15, -0.1) is 0 Å². The van der Waals surface area contributed by atoms with Gasteiger partial charge in [-0.05, 0) is 37.7 Å². The molecule has 1 unspecified atom stereocenters. The largest absolute Gasteiger partial charge is 0.321 e. The van der Waals surface area contributed by atoms with Crippen molar-refractivity contribution in [3.8, 4) is 0 Å². The van der Waals surface area contributed by atoms with Crippen LogP contribution in [0.15, 0.2) is 24.3 Å². The maximum Gasteiger partial charge on any atom is 0.244 e. The summed E-state index contributed by atoms with van der Waals surface area (Å²) in [5.74, 6) is 1.21. The molecule has 1 amide bonds. The first-order chi connectivity index (χ1) is 9.68. The molecule has 3 heteroatoms. The molecule has 3 fully saturated rings. The van der Waals surface area contributed by atoms with E-state index < -0.39 is 0 Å². The van der Waals surface area contributed by atoms with Crippen molar-refractivity contribution < 1.29 is 4.79 Å². The second-order valence-corrected chi connectivity index (χ2v) is 6.77. The minimum Gasteiger partial charge on any atom is -0.321 e. The summed E-state index contributed by atoms with van der Waals surface area (Å²) < 4.78 is 0. The fourth-order valence-electron chi connectivity index (χ4n) is 3.25. The molecule has 1 N–H and O–H groups in total. The average molecular weight is 270 g/mol. The molecule has 0 radical (unpaired) electrons. The molecule has 20 heavy (non-hydrogen) atoms. The number of nitrogens with zero attached hydrogens (tertiary/aromatic N) is 1. The lowest BCUT2D eigenvalue weighted by Crippen LogP contribution is -2.33. The summed E-state index contributed by atoms with van der Waals surface area (Å²) in [4.78, 5) is 14.7. The number of benzene rings is 1. The van der Waals surface area contributed by atoms with E-state index in [2.05, 4.69) is 41.4 Å². The zero-order chi connectivity index (χ0) is 13.7. The van der Waals surface area contributed by atoms with Gasteiger partial charge in [0.25, 0.3) is 0 Å². The van der Waals surface area contributed by atoms with Crippen LogP contribution in [0.25, 0.3) is 0 Å². The van der Waals surface area contributed by atoms with Gasteiger partial charge in [0.15, 0.2) is 0 Å². The highest BCUT2D eigenvalue weighted by atomic mass is 16.2. The van der Waals surface area contributed by atoms with Gasteiger partial charge in [-0.25, -0.2) is 0 Å². The van der Waals surface area contributed by atoms with Crippen molar-refractivity contribution in [2.45, 2.75) is 50.7 Å². The first-order valence-electron chi connectivity index (χ1n) is 7.83. The van der Waals surface area contributed by atoms with Crippen LogP contribution in [0.5, 0.6) is 0 Å². The van der Waals surface area contributed by atoms with Crippen LogP contribution in [0.1, 0.15) is 49.4 Å². The lowest BCUT2D eigenvalue weighted by Gasteiger charge is -2.24. The van der Waals surface area contributed by atoms with Crippen molar-refractivity contribution in [2.24, 2.45) is 5.92 Å². The second-order valence-electron chi connectivity index (χ2n) is 6.77. The minimum atomic E-state index is -0.209. The Hall–Kier alpha value is -1.35. The Kier molecular flexibility index (Phi) is 2.68. The summed E-state index contributed by atoms with van der Waals surface area (Å²) in [6, 6.07) is 8.59. The van der Waals surface area contributed by atoms with Crippen molar-refractivity contribution >= 4 is 5.91 Å². The molecule has 3 nitrogen and oxygen atoms in total.